The van der Waals surface area contributed by atoms with Gasteiger partial charge >= 0.3 is 5.97 Å². The standard InChI is InChI=1S/C18H18N4O2/c1-13-16(17-19-9-4-12-22(17)20-13)18(23)24-15-7-5-14(6-8-15)21-10-2-3-11-21/h4-9,12H,2-3,10-11H2,1H3. The number of nitrogens with zero attached hydrogens (tertiary/aromatic N) is 4. The molecule has 0 atom stereocenters. The number of carbonyl (C=O) groups is 1. The van der Waals surface area contributed by atoms with Crippen molar-refractivity contribution in [2.45, 2.75) is 19.8 Å². The lowest BCUT2D eigenvalue weighted by Crippen LogP contribution is -2.17. The third-order valence-electron chi connectivity index (χ3n) is 4.29. The Morgan fingerprint density at radius 1 is 1.17 bits per heavy atom. The minimum Gasteiger partial charge on any atom is -0.423 e. The molecule has 0 bridgehead atoms. The molecule has 0 saturated carbocycles. The van der Waals surface area contributed by atoms with Crippen molar-refractivity contribution in [2.24, 2.45) is 0 Å². The average Bonchev–Trinajstić information content (AvgIpc) is 3.22. The van der Waals surface area contributed by atoms with Gasteiger partial charge < -0.3 is 9.64 Å². The summed E-state index contributed by atoms with van der Waals surface area (Å²) < 4.78 is 7.10. The van der Waals surface area contributed by atoms with Crippen molar-refractivity contribution >= 4 is 17.3 Å². The fourth-order valence-electron chi connectivity index (χ4n) is 3.09. The van der Waals surface area contributed by atoms with Gasteiger partial charge in [-0.15, -0.1) is 0 Å². The Kier molecular flexibility index (Phi) is 3.65. The lowest BCUT2D eigenvalue weighted by atomic mass is 10.2. The maximum absolute atomic E-state index is 12.5. The Morgan fingerprint density at radius 2 is 1.92 bits per heavy atom. The molecule has 3 heterocycles. The highest BCUT2D eigenvalue weighted by molar-refractivity contribution is 5.98. The van der Waals surface area contributed by atoms with Crippen LogP contribution in [-0.2, 0) is 0 Å². The molecule has 6 heteroatoms. The molecule has 3 aromatic rings. The van der Waals surface area contributed by atoms with Crippen LogP contribution >= 0.6 is 0 Å². The number of aryl methyl sites for hydroxylation is 1. The van der Waals surface area contributed by atoms with Crippen LogP contribution in [0.2, 0.25) is 0 Å². The highest BCUT2D eigenvalue weighted by Crippen LogP contribution is 2.24. The smallest absolute Gasteiger partial charge is 0.349 e. The Morgan fingerprint density at radius 3 is 2.67 bits per heavy atom. The van der Waals surface area contributed by atoms with E-state index < -0.39 is 5.97 Å². The summed E-state index contributed by atoms with van der Waals surface area (Å²) in [7, 11) is 0. The van der Waals surface area contributed by atoms with Gasteiger partial charge in [-0.05, 0) is 50.1 Å². The van der Waals surface area contributed by atoms with Gasteiger partial charge in [0.05, 0.1) is 5.69 Å². The van der Waals surface area contributed by atoms with Gasteiger partial charge in [-0.3, -0.25) is 0 Å². The van der Waals surface area contributed by atoms with Crippen LogP contribution in [0.4, 0.5) is 5.69 Å². The maximum atomic E-state index is 12.5. The van der Waals surface area contributed by atoms with Crippen molar-refractivity contribution in [2.75, 3.05) is 18.0 Å². The van der Waals surface area contributed by atoms with Gasteiger partial charge in [0.15, 0.2) is 5.65 Å². The second-order valence-corrected chi connectivity index (χ2v) is 5.93. The van der Waals surface area contributed by atoms with Gasteiger partial charge in [0.1, 0.15) is 11.3 Å². The van der Waals surface area contributed by atoms with Crippen LogP contribution in [0.25, 0.3) is 5.65 Å². The number of ether oxygens (including phenoxy) is 1. The Labute approximate surface area is 139 Å². The van der Waals surface area contributed by atoms with Gasteiger partial charge in [0, 0.05) is 31.2 Å². The van der Waals surface area contributed by atoms with Gasteiger partial charge in [-0.25, -0.2) is 14.3 Å². The van der Waals surface area contributed by atoms with Crippen molar-refractivity contribution in [1.82, 2.24) is 14.6 Å². The average molecular weight is 322 g/mol. The lowest BCUT2D eigenvalue weighted by molar-refractivity contribution is 0.0736. The van der Waals surface area contributed by atoms with Crippen molar-refractivity contribution in [3.05, 3.63) is 54.0 Å². The van der Waals surface area contributed by atoms with Gasteiger partial charge in [0.25, 0.3) is 0 Å². The number of hydrogen-bond acceptors (Lipinski definition) is 5. The molecule has 0 aliphatic carbocycles. The number of anilines is 1. The first kappa shape index (κ1) is 14.7. The van der Waals surface area contributed by atoms with Crippen LogP contribution in [0.5, 0.6) is 5.75 Å². The third-order valence-corrected chi connectivity index (χ3v) is 4.29. The molecular formula is C18H18N4O2. The minimum atomic E-state index is -0.435. The molecule has 1 fully saturated rings. The largest absolute Gasteiger partial charge is 0.423 e. The predicted octanol–water partition coefficient (Wildman–Crippen LogP) is 2.86. The van der Waals surface area contributed by atoms with Crippen LogP contribution in [0, 0.1) is 6.92 Å². The van der Waals surface area contributed by atoms with Crippen molar-refractivity contribution in [1.29, 1.82) is 0 Å². The van der Waals surface area contributed by atoms with Crippen LogP contribution in [0.3, 0.4) is 0 Å². The van der Waals surface area contributed by atoms with Gasteiger partial charge in [0.2, 0.25) is 0 Å². The van der Waals surface area contributed by atoms with E-state index in [4.69, 9.17) is 4.74 Å². The van der Waals surface area contributed by atoms with E-state index in [9.17, 15) is 4.79 Å². The number of benzene rings is 1. The van der Waals surface area contributed by atoms with E-state index in [0.717, 1.165) is 13.1 Å². The second-order valence-electron chi connectivity index (χ2n) is 5.93. The SMILES string of the molecule is Cc1nn2cccnc2c1C(=O)Oc1ccc(N2CCCC2)cc1. The van der Waals surface area contributed by atoms with Crippen molar-refractivity contribution < 1.29 is 9.53 Å². The minimum absolute atomic E-state index is 0.402. The van der Waals surface area contributed by atoms with Gasteiger partial charge in [-0.1, -0.05) is 0 Å². The van der Waals surface area contributed by atoms with Gasteiger partial charge in [-0.2, -0.15) is 5.10 Å². The summed E-state index contributed by atoms with van der Waals surface area (Å²) in [6, 6.07) is 9.43. The quantitative estimate of drug-likeness (QED) is 0.548. The Hall–Kier alpha value is -2.89. The molecule has 1 aliphatic heterocycles. The van der Waals surface area contributed by atoms with E-state index in [1.807, 2.05) is 24.3 Å². The first-order chi connectivity index (χ1) is 11.7. The topological polar surface area (TPSA) is 59.7 Å². The van der Waals surface area contributed by atoms with Crippen LogP contribution in [0.15, 0.2) is 42.7 Å². The molecule has 2 aromatic heterocycles. The molecule has 0 spiro atoms. The van der Waals surface area contributed by atoms with E-state index in [1.165, 1.54) is 18.5 Å². The number of fused-ring (bicyclic) bond motifs is 1. The molecule has 4 rings (SSSR count). The highest BCUT2D eigenvalue weighted by atomic mass is 16.5. The molecule has 0 N–H and O–H groups in total. The number of carbonyl (C=O) groups excluding carboxylic acids is 1. The lowest BCUT2D eigenvalue weighted by Gasteiger charge is -2.17. The van der Waals surface area contributed by atoms with E-state index in [0.29, 0.717) is 22.7 Å². The Balaban J connectivity index is 1.56. The molecule has 24 heavy (non-hydrogen) atoms. The van der Waals surface area contributed by atoms with E-state index in [1.54, 1.807) is 29.9 Å². The fourth-order valence-corrected chi connectivity index (χ4v) is 3.09. The summed E-state index contributed by atoms with van der Waals surface area (Å²) in [5.41, 5.74) is 2.68. The molecule has 1 aliphatic rings. The summed E-state index contributed by atoms with van der Waals surface area (Å²) in [5, 5.41) is 4.29. The second kappa shape index (κ2) is 5.96. The van der Waals surface area contributed by atoms with Crippen LogP contribution in [0.1, 0.15) is 28.9 Å². The molecule has 0 unspecified atom stereocenters. The molecule has 0 radical (unpaired) electrons. The first-order valence-electron chi connectivity index (χ1n) is 8.09. The summed E-state index contributed by atoms with van der Waals surface area (Å²) >= 11 is 0. The summed E-state index contributed by atoms with van der Waals surface area (Å²) in [5.74, 6) is 0.0905. The maximum Gasteiger partial charge on any atom is 0.349 e. The molecule has 1 aromatic carbocycles. The molecule has 0 amide bonds. The van der Waals surface area contributed by atoms with Crippen molar-refractivity contribution in [3.63, 3.8) is 0 Å². The Bertz CT molecular complexity index is 880. The van der Waals surface area contributed by atoms with Crippen LogP contribution in [-0.4, -0.2) is 33.7 Å². The van der Waals surface area contributed by atoms with E-state index in [2.05, 4.69) is 15.0 Å². The summed E-state index contributed by atoms with van der Waals surface area (Å²) in [4.78, 5) is 19.1. The normalized spacial score (nSPS) is 14.3. The highest BCUT2D eigenvalue weighted by Gasteiger charge is 2.20. The number of rotatable bonds is 3. The number of esters is 1. The molecule has 122 valence electrons. The summed E-state index contributed by atoms with van der Waals surface area (Å²) in [6.07, 6.45) is 5.87. The summed E-state index contributed by atoms with van der Waals surface area (Å²) in [6.45, 7) is 3.96. The zero-order valence-electron chi connectivity index (χ0n) is 13.5. The molecule has 1 saturated heterocycles. The monoisotopic (exact) mass is 322 g/mol. The van der Waals surface area contributed by atoms with Crippen molar-refractivity contribution in [3.8, 4) is 5.75 Å². The fraction of sp³-hybridized carbons (Fsp3) is 0.278. The van der Waals surface area contributed by atoms with E-state index >= 15 is 0 Å². The number of aromatic nitrogens is 3. The predicted molar refractivity (Wildman–Crippen MR) is 90.6 cm³/mol. The van der Waals surface area contributed by atoms with Crippen LogP contribution < -0.4 is 9.64 Å². The molecule has 6 nitrogen and oxygen atoms in total. The van der Waals surface area contributed by atoms with E-state index in [-0.39, 0.29) is 0 Å². The zero-order valence-corrected chi connectivity index (χ0v) is 13.5. The first-order valence-corrected chi connectivity index (χ1v) is 8.09. The zero-order chi connectivity index (χ0) is 16.5. The third kappa shape index (κ3) is 2.60. The molecular weight excluding hydrogens is 304 g/mol. The number of hydrogen-bond donors (Lipinski definition) is 0.